The Hall–Kier alpha value is -3.87. The molecule has 0 radical (unpaired) electrons. The predicted molar refractivity (Wildman–Crippen MR) is 145 cm³/mol. The number of fused-ring (bicyclic) bond motifs is 1. The van der Waals surface area contributed by atoms with Crippen LogP contribution in [0.25, 0.3) is 22.0 Å². The minimum Gasteiger partial charge on any atom is -0.494 e. The summed E-state index contributed by atoms with van der Waals surface area (Å²) < 4.78 is 9.35. The van der Waals surface area contributed by atoms with Gasteiger partial charge in [0.25, 0.3) is 5.56 Å². The lowest BCUT2D eigenvalue weighted by molar-refractivity contribution is 0.340. The molecule has 0 aliphatic carbocycles. The third kappa shape index (κ3) is 3.98. The normalized spacial score (nSPS) is 13.0. The van der Waals surface area contributed by atoms with Crippen molar-refractivity contribution < 1.29 is 4.74 Å². The summed E-state index contributed by atoms with van der Waals surface area (Å²) >= 11 is 6.24. The summed E-state index contributed by atoms with van der Waals surface area (Å²) in [5.74, 6) is 0.759. The second kappa shape index (κ2) is 9.30. The zero-order valence-electron chi connectivity index (χ0n) is 20.4. The molecule has 0 aliphatic heterocycles. The molecule has 6 nitrogen and oxygen atoms in total. The van der Waals surface area contributed by atoms with Crippen molar-refractivity contribution in [3.05, 3.63) is 118 Å². The molecular weight excluding hydrogens is 472 g/mol. The van der Waals surface area contributed by atoms with E-state index in [0.717, 1.165) is 38.9 Å². The summed E-state index contributed by atoms with van der Waals surface area (Å²) in [6.07, 6.45) is 3.67. The van der Waals surface area contributed by atoms with Crippen LogP contribution >= 0.6 is 11.6 Å². The van der Waals surface area contributed by atoms with Gasteiger partial charge >= 0.3 is 0 Å². The third-order valence-corrected chi connectivity index (χ3v) is 6.83. The highest BCUT2D eigenvalue weighted by Crippen LogP contribution is 2.43. The van der Waals surface area contributed by atoms with E-state index in [1.54, 1.807) is 24.0 Å². The highest BCUT2D eigenvalue weighted by Gasteiger charge is 2.37. The van der Waals surface area contributed by atoms with Gasteiger partial charge in [-0.15, -0.1) is 0 Å². The van der Waals surface area contributed by atoms with Gasteiger partial charge in [0.15, 0.2) is 0 Å². The van der Waals surface area contributed by atoms with Crippen LogP contribution in [-0.2, 0) is 19.6 Å². The van der Waals surface area contributed by atoms with Crippen LogP contribution in [0.5, 0.6) is 5.75 Å². The van der Waals surface area contributed by atoms with E-state index in [0.29, 0.717) is 17.3 Å². The average molecular weight is 499 g/mol. The van der Waals surface area contributed by atoms with E-state index in [1.165, 1.54) is 0 Å². The van der Waals surface area contributed by atoms with Gasteiger partial charge in [-0.3, -0.25) is 4.79 Å². The van der Waals surface area contributed by atoms with Crippen LogP contribution in [0.4, 0.5) is 0 Å². The largest absolute Gasteiger partial charge is 0.494 e. The van der Waals surface area contributed by atoms with Crippen LogP contribution in [0.3, 0.4) is 0 Å². The molecule has 0 fully saturated rings. The van der Waals surface area contributed by atoms with E-state index in [1.807, 2.05) is 91.5 Å². The number of imidazole rings is 1. The number of ether oxygens (including phenoxy) is 1. The van der Waals surface area contributed by atoms with Gasteiger partial charge in [-0.1, -0.05) is 41.9 Å². The first-order chi connectivity index (χ1) is 17.3. The van der Waals surface area contributed by atoms with E-state index < -0.39 is 5.54 Å². The average Bonchev–Trinajstić information content (AvgIpc) is 3.33. The van der Waals surface area contributed by atoms with Crippen molar-refractivity contribution in [3.8, 4) is 16.9 Å². The number of hydrogen-bond acceptors (Lipinski definition) is 4. The molecule has 1 atom stereocenters. The van der Waals surface area contributed by atoms with E-state index >= 15 is 0 Å². The first kappa shape index (κ1) is 23.9. The van der Waals surface area contributed by atoms with Crippen molar-refractivity contribution in [2.24, 2.45) is 19.8 Å². The number of hydrogen-bond donors (Lipinski definition) is 1. The number of nitrogens with zero attached hydrogens (tertiary/aromatic N) is 3. The molecule has 5 aromatic rings. The van der Waals surface area contributed by atoms with Crippen LogP contribution in [0.2, 0.25) is 5.02 Å². The van der Waals surface area contributed by atoms with E-state index in [9.17, 15) is 4.79 Å². The monoisotopic (exact) mass is 498 g/mol. The highest BCUT2D eigenvalue weighted by atomic mass is 35.5. The van der Waals surface area contributed by atoms with Crippen molar-refractivity contribution in [2.45, 2.75) is 12.5 Å². The zero-order valence-corrected chi connectivity index (χ0v) is 21.2. The van der Waals surface area contributed by atoms with Gasteiger partial charge in [-0.05, 0) is 65.6 Å². The molecule has 0 spiro atoms. The Kier molecular flexibility index (Phi) is 6.16. The summed E-state index contributed by atoms with van der Waals surface area (Å²) in [6.45, 7) is 2.51. The second-order valence-electron chi connectivity index (χ2n) is 8.85. The summed E-state index contributed by atoms with van der Waals surface area (Å²) in [7, 11) is 3.69. The summed E-state index contributed by atoms with van der Waals surface area (Å²) in [5, 5.41) is 1.53. The Labute approximate surface area is 214 Å². The maximum Gasteiger partial charge on any atom is 0.250 e. The molecule has 0 bridgehead atoms. The van der Waals surface area contributed by atoms with Gasteiger partial charge < -0.3 is 19.6 Å². The Bertz CT molecular complexity index is 1620. The first-order valence-electron chi connectivity index (χ1n) is 11.7. The maximum atomic E-state index is 12.5. The zero-order chi connectivity index (χ0) is 25.4. The Morgan fingerprint density at radius 1 is 1.03 bits per heavy atom. The van der Waals surface area contributed by atoms with Crippen molar-refractivity contribution in [2.75, 3.05) is 6.61 Å². The minimum absolute atomic E-state index is 0.0780. The molecule has 3 aromatic carbocycles. The van der Waals surface area contributed by atoms with Crippen LogP contribution in [0.1, 0.15) is 23.7 Å². The number of aryl methyl sites for hydroxylation is 2. The van der Waals surface area contributed by atoms with E-state index in [-0.39, 0.29) is 5.56 Å². The van der Waals surface area contributed by atoms with Gasteiger partial charge in [-0.2, -0.15) is 0 Å². The molecule has 0 saturated carbocycles. The Balaban J connectivity index is 1.91. The molecule has 2 N–H and O–H groups in total. The van der Waals surface area contributed by atoms with Crippen molar-refractivity contribution >= 4 is 22.5 Å². The van der Waals surface area contributed by atoms with Crippen molar-refractivity contribution in [1.29, 1.82) is 0 Å². The lowest BCUT2D eigenvalue weighted by Gasteiger charge is -2.32. The maximum absolute atomic E-state index is 12.5. The van der Waals surface area contributed by atoms with Gasteiger partial charge in [0.05, 0.1) is 24.1 Å². The highest BCUT2D eigenvalue weighted by molar-refractivity contribution is 6.30. The second-order valence-corrected chi connectivity index (χ2v) is 9.29. The molecule has 0 amide bonds. The number of halogens is 1. The van der Waals surface area contributed by atoms with Gasteiger partial charge in [0.1, 0.15) is 11.3 Å². The van der Waals surface area contributed by atoms with Crippen LogP contribution in [0, 0.1) is 0 Å². The van der Waals surface area contributed by atoms with Crippen molar-refractivity contribution in [1.82, 2.24) is 14.1 Å². The summed E-state index contributed by atoms with van der Waals surface area (Å²) in [6, 6.07) is 22.9. The molecule has 1 unspecified atom stereocenters. The molecule has 182 valence electrons. The number of rotatable bonds is 6. The molecule has 36 heavy (non-hydrogen) atoms. The topological polar surface area (TPSA) is 75.1 Å². The fourth-order valence-electron chi connectivity index (χ4n) is 4.77. The van der Waals surface area contributed by atoms with E-state index in [2.05, 4.69) is 4.98 Å². The van der Waals surface area contributed by atoms with Crippen molar-refractivity contribution in [3.63, 3.8) is 0 Å². The molecule has 0 aliphatic rings. The standard InChI is InChI=1S/C29H27ClN4O2/c1-4-36-22-7-5-6-19(16-22)28-23-12-15-27(35)34(3)25(23)14-13-24(28)29(31,26-17-33(2)18-32-26)20-8-10-21(30)11-9-20/h5-18H,4,31H2,1-3H3. The fourth-order valence-corrected chi connectivity index (χ4v) is 4.90. The Morgan fingerprint density at radius 2 is 1.81 bits per heavy atom. The number of nitrogens with two attached hydrogens (primary N) is 1. The van der Waals surface area contributed by atoms with Gasteiger partial charge in [0.2, 0.25) is 0 Å². The number of aromatic nitrogens is 3. The lowest BCUT2D eigenvalue weighted by atomic mass is 9.76. The molecule has 5 rings (SSSR count). The SMILES string of the molecule is CCOc1cccc(-c2c(C(N)(c3ccc(Cl)cc3)c3cn(C)cn3)ccc3c2ccc(=O)n3C)c1. The number of benzene rings is 3. The summed E-state index contributed by atoms with van der Waals surface area (Å²) in [5.41, 5.74) is 11.3. The number of pyridine rings is 1. The Morgan fingerprint density at radius 3 is 2.50 bits per heavy atom. The molecule has 0 saturated heterocycles. The van der Waals surface area contributed by atoms with Gasteiger partial charge in [0, 0.05) is 36.8 Å². The summed E-state index contributed by atoms with van der Waals surface area (Å²) in [4.78, 5) is 17.2. The molecular formula is C29H27ClN4O2. The molecule has 2 aromatic heterocycles. The molecule has 7 heteroatoms. The quantitative estimate of drug-likeness (QED) is 0.347. The lowest BCUT2D eigenvalue weighted by Crippen LogP contribution is -2.40. The predicted octanol–water partition coefficient (Wildman–Crippen LogP) is 5.24. The van der Waals surface area contributed by atoms with Gasteiger partial charge in [-0.25, -0.2) is 4.98 Å². The third-order valence-electron chi connectivity index (χ3n) is 6.57. The van der Waals surface area contributed by atoms with Crippen LogP contribution in [-0.4, -0.2) is 20.7 Å². The van der Waals surface area contributed by atoms with Crippen LogP contribution < -0.4 is 16.0 Å². The smallest absolute Gasteiger partial charge is 0.250 e. The van der Waals surface area contributed by atoms with E-state index in [4.69, 9.17) is 22.1 Å². The fraction of sp³-hybridized carbons (Fsp3) is 0.172. The first-order valence-corrected chi connectivity index (χ1v) is 12.1. The van der Waals surface area contributed by atoms with Crippen LogP contribution in [0.15, 0.2) is 90.1 Å². The molecule has 2 heterocycles. The minimum atomic E-state index is -1.11.